The number of benzene rings is 3. The fraction of sp³-hybridized carbons (Fsp3) is 0.250. The van der Waals surface area contributed by atoms with E-state index in [4.69, 9.17) is 4.74 Å². The van der Waals surface area contributed by atoms with Gasteiger partial charge in [0.05, 0.1) is 0 Å². The minimum Gasteiger partial charge on any atom is -0.439 e. The molecule has 1 saturated heterocycles. The minimum absolute atomic E-state index is 0.416. The van der Waals surface area contributed by atoms with Crippen molar-refractivity contribution in [2.45, 2.75) is 43.9 Å². The molecule has 0 unspecified atom stereocenters. The van der Waals surface area contributed by atoms with Gasteiger partial charge in [-0.15, -0.1) is 5.54 Å². The molecule has 33 heavy (non-hydrogen) atoms. The lowest BCUT2D eigenvalue weighted by Crippen LogP contribution is -2.41. The standard InChI is InChI=1S/C28H29NO3Si/c1-33(2,3)20-19-24(26(30)22-15-9-5-10-16-22)29-25(21-13-7-4-8-14-21)27(32-28(29)31)23-17-11-6-12-18-23/h4-18,24-27,30H,1-3H3/t24-,25-,26-,27+/m1/s1. The quantitative estimate of drug-likeness (QED) is 0.385. The Bertz CT molecular complexity index is 1130. The lowest BCUT2D eigenvalue weighted by Gasteiger charge is -2.32. The molecule has 1 aliphatic rings. The van der Waals surface area contributed by atoms with E-state index < -0.39 is 38.5 Å². The van der Waals surface area contributed by atoms with Gasteiger partial charge in [0.2, 0.25) is 0 Å². The van der Waals surface area contributed by atoms with Gasteiger partial charge in [0.25, 0.3) is 0 Å². The molecule has 1 aliphatic heterocycles. The minimum atomic E-state index is -1.77. The van der Waals surface area contributed by atoms with E-state index in [0.717, 1.165) is 16.7 Å². The first-order valence-corrected chi connectivity index (χ1v) is 14.7. The Morgan fingerprint density at radius 2 is 1.36 bits per heavy atom. The number of hydrogen-bond donors (Lipinski definition) is 1. The molecule has 0 radical (unpaired) electrons. The van der Waals surface area contributed by atoms with E-state index >= 15 is 0 Å². The van der Waals surface area contributed by atoms with Gasteiger partial charge in [-0.25, -0.2) is 4.79 Å². The third-order valence-electron chi connectivity index (χ3n) is 5.63. The molecule has 0 bridgehead atoms. The second kappa shape index (κ2) is 9.66. The molecule has 1 heterocycles. The molecule has 1 amide bonds. The molecule has 0 saturated carbocycles. The first-order chi connectivity index (χ1) is 15.8. The maximum atomic E-state index is 13.4. The molecule has 3 aromatic carbocycles. The van der Waals surface area contributed by atoms with Crippen molar-refractivity contribution in [2.75, 3.05) is 0 Å². The second-order valence-electron chi connectivity index (χ2n) is 9.30. The van der Waals surface area contributed by atoms with Gasteiger partial charge in [-0.05, 0) is 16.7 Å². The number of cyclic esters (lactones) is 1. The SMILES string of the molecule is C[Si](C)(C)C#C[C@H]([C@H](O)c1ccccc1)N1C(=O)O[C@@H](c2ccccc2)[C@H]1c1ccccc1. The third kappa shape index (κ3) is 5.19. The van der Waals surface area contributed by atoms with Crippen molar-refractivity contribution in [2.24, 2.45) is 0 Å². The van der Waals surface area contributed by atoms with Crippen molar-refractivity contribution in [3.8, 4) is 11.5 Å². The van der Waals surface area contributed by atoms with Crippen LogP contribution in [0.2, 0.25) is 19.6 Å². The monoisotopic (exact) mass is 455 g/mol. The van der Waals surface area contributed by atoms with Crippen molar-refractivity contribution >= 4 is 14.2 Å². The van der Waals surface area contributed by atoms with Crippen LogP contribution in [0.4, 0.5) is 4.79 Å². The van der Waals surface area contributed by atoms with E-state index in [0.29, 0.717) is 0 Å². The Morgan fingerprint density at radius 1 is 0.848 bits per heavy atom. The van der Waals surface area contributed by atoms with Crippen molar-refractivity contribution in [3.05, 3.63) is 108 Å². The van der Waals surface area contributed by atoms with Gasteiger partial charge >= 0.3 is 6.09 Å². The van der Waals surface area contributed by atoms with Crippen LogP contribution in [0.15, 0.2) is 91.0 Å². The van der Waals surface area contributed by atoms with Crippen LogP contribution in [0, 0.1) is 11.5 Å². The van der Waals surface area contributed by atoms with E-state index in [1.165, 1.54) is 0 Å². The number of amides is 1. The molecule has 4 rings (SSSR count). The maximum absolute atomic E-state index is 13.4. The molecule has 1 N–H and O–H groups in total. The lowest BCUT2D eigenvalue weighted by atomic mass is 9.92. The summed E-state index contributed by atoms with van der Waals surface area (Å²) < 4.78 is 5.95. The van der Waals surface area contributed by atoms with Crippen LogP contribution >= 0.6 is 0 Å². The van der Waals surface area contributed by atoms with E-state index in [1.54, 1.807) is 4.90 Å². The number of aliphatic hydroxyl groups excluding tert-OH is 1. The molecular formula is C28H29NO3Si. The number of rotatable bonds is 5. The molecule has 0 spiro atoms. The van der Waals surface area contributed by atoms with Gasteiger partial charge in [0.15, 0.2) is 6.10 Å². The summed E-state index contributed by atoms with van der Waals surface area (Å²) in [6.45, 7) is 6.45. The molecule has 0 aliphatic carbocycles. The number of ether oxygens (including phenoxy) is 1. The highest BCUT2D eigenvalue weighted by atomic mass is 28.3. The molecule has 3 aromatic rings. The predicted molar refractivity (Wildman–Crippen MR) is 133 cm³/mol. The van der Waals surface area contributed by atoms with Crippen LogP contribution in [0.25, 0.3) is 0 Å². The average molecular weight is 456 g/mol. The first kappa shape index (κ1) is 22.8. The number of hydrogen-bond acceptors (Lipinski definition) is 3. The van der Waals surface area contributed by atoms with Crippen LogP contribution in [-0.2, 0) is 4.74 Å². The largest absolute Gasteiger partial charge is 0.439 e. The summed E-state index contributed by atoms with van der Waals surface area (Å²) in [6, 6.07) is 27.8. The van der Waals surface area contributed by atoms with Gasteiger partial charge in [0.1, 0.15) is 26.3 Å². The molecule has 4 nitrogen and oxygen atoms in total. The van der Waals surface area contributed by atoms with Gasteiger partial charge < -0.3 is 9.84 Å². The van der Waals surface area contributed by atoms with Crippen molar-refractivity contribution < 1.29 is 14.6 Å². The average Bonchev–Trinajstić information content (AvgIpc) is 3.17. The Morgan fingerprint density at radius 3 is 1.91 bits per heavy atom. The molecular weight excluding hydrogens is 426 g/mol. The Hall–Kier alpha value is -3.33. The number of carbonyl (C=O) groups is 1. The van der Waals surface area contributed by atoms with Crippen LogP contribution < -0.4 is 0 Å². The van der Waals surface area contributed by atoms with Crippen molar-refractivity contribution in [1.29, 1.82) is 0 Å². The fourth-order valence-electron chi connectivity index (χ4n) is 4.08. The topological polar surface area (TPSA) is 49.8 Å². The predicted octanol–water partition coefficient (Wildman–Crippen LogP) is 5.90. The zero-order valence-electron chi connectivity index (χ0n) is 19.2. The fourth-order valence-corrected chi connectivity index (χ4v) is 4.66. The van der Waals surface area contributed by atoms with Gasteiger partial charge in [-0.3, -0.25) is 4.90 Å². The van der Waals surface area contributed by atoms with Crippen LogP contribution in [0.3, 0.4) is 0 Å². The lowest BCUT2D eigenvalue weighted by molar-refractivity contribution is 0.0815. The van der Waals surface area contributed by atoms with Crippen molar-refractivity contribution in [1.82, 2.24) is 4.90 Å². The highest BCUT2D eigenvalue weighted by Gasteiger charge is 2.48. The maximum Gasteiger partial charge on any atom is 0.412 e. The molecule has 0 aromatic heterocycles. The molecule has 168 valence electrons. The smallest absolute Gasteiger partial charge is 0.412 e. The van der Waals surface area contributed by atoms with Crippen LogP contribution in [-0.4, -0.2) is 30.2 Å². The zero-order valence-corrected chi connectivity index (χ0v) is 20.2. The molecule has 1 fully saturated rings. The highest BCUT2D eigenvalue weighted by Crippen LogP contribution is 2.45. The van der Waals surface area contributed by atoms with Crippen LogP contribution in [0.5, 0.6) is 0 Å². The zero-order chi connectivity index (χ0) is 23.4. The number of carbonyl (C=O) groups excluding carboxylic acids is 1. The molecule has 4 atom stereocenters. The Kier molecular flexibility index (Phi) is 6.69. The second-order valence-corrected chi connectivity index (χ2v) is 14.0. The van der Waals surface area contributed by atoms with E-state index in [1.807, 2.05) is 91.0 Å². The number of aliphatic hydroxyl groups is 1. The Balaban J connectivity index is 1.84. The Labute approximate surface area is 196 Å². The first-order valence-electron chi connectivity index (χ1n) is 11.2. The van der Waals surface area contributed by atoms with Gasteiger partial charge in [-0.2, -0.15) is 0 Å². The van der Waals surface area contributed by atoms with E-state index in [-0.39, 0.29) is 0 Å². The summed E-state index contributed by atoms with van der Waals surface area (Å²) in [4.78, 5) is 15.0. The number of nitrogens with zero attached hydrogens (tertiary/aromatic N) is 1. The normalized spacial score (nSPS) is 19.9. The summed E-state index contributed by atoms with van der Waals surface area (Å²) in [5, 5.41) is 11.4. The summed E-state index contributed by atoms with van der Waals surface area (Å²) >= 11 is 0. The van der Waals surface area contributed by atoms with Crippen molar-refractivity contribution in [3.63, 3.8) is 0 Å². The third-order valence-corrected chi connectivity index (χ3v) is 6.52. The summed E-state index contributed by atoms with van der Waals surface area (Å²) in [5.41, 5.74) is 5.95. The van der Waals surface area contributed by atoms with Gasteiger partial charge in [0, 0.05) is 0 Å². The highest BCUT2D eigenvalue weighted by molar-refractivity contribution is 6.83. The summed E-state index contributed by atoms with van der Waals surface area (Å²) in [6.07, 6.45) is -1.94. The molecule has 5 heteroatoms. The van der Waals surface area contributed by atoms with Gasteiger partial charge in [-0.1, -0.05) is 117 Å². The van der Waals surface area contributed by atoms with Crippen LogP contribution in [0.1, 0.15) is 34.9 Å². The van der Waals surface area contributed by atoms with E-state index in [9.17, 15) is 9.90 Å². The van der Waals surface area contributed by atoms with E-state index in [2.05, 4.69) is 31.1 Å². The summed E-state index contributed by atoms with van der Waals surface area (Å²) in [5.74, 6) is 3.29. The summed E-state index contributed by atoms with van der Waals surface area (Å²) in [7, 11) is -1.77.